The molecule has 0 aromatic rings. The lowest BCUT2D eigenvalue weighted by atomic mass is 10.1. The van der Waals surface area contributed by atoms with Gasteiger partial charge in [-0.3, -0.25) is 0 Å². The number of nitrogens with one attached hydrogen (secondary N) is 2. The average molecular weight is 277 g/mol. The Balaban J connectivity index is 2.25. The molecule has 0 bridgehead atoms. The van der Waals surface area contributed by atoms with Gasteiger partial charge in [-0.05, 0) is 37.3 Å². The average Bonchev–Trinajstić information content (AvgIpc) is 2.90. The number of nitrogens with zero attached hydrogens (tertiary/aromatic N) is 1. The minimum Gasteiger partial charge on any atom is -0.317 e. The highest BCUT2D eigenvalue weighted by molar-refractivity contribution is 7.87. The molecule has 0 saturated heterocycles. The molecule has 2 N–H and O–H groups in total. The topological polar surface area (TPSA) is 61.4 Å². The molecule has 6 heteroatoms. The summed E-state index contributed by atoms with van der Waals surface area (Å²) < 4.78 is 28.0. The van der Waals surface area contributed by atoms with Gasteiger partial charge in [0.25, 0.3) is 10.2 Å². The summed E-state index contributed by atoms with van der Waals surface area (Å²) in [4.78, 5) is 0. The number of hydrogen-bond acceptors (Lipinski definition) is 3. The third kappa shape index (κ3) is 4.84. The zero-order valence-corrected chi connectivity index (χ0v) is 12.8. The SMILES string of the molecule is CCNCCCN(C)S(=O)(=O)NCC1CC1(C)C. The lowest BCUT2D eigenvalue weighted by molar-refractivity contribution is 0.441. The van der Waals surface area contributed by atoms with E-state index in [2.05, 4.69) is 23.9 Å². The Bertz CT molecular complexity index is 354. The first kappa shape index (κ1) is 15.9. The predicted octanol–water partition coefficient (Wildman–Crippen LogP) is 0.798. The minimum absolute atomic E-state index is 0.312. The zero-order chi connectivity index (χ0) is 13.8. The fourth-order valence-electron chi connectivity index (χ4n) is 1.96. The molecule has 0 spiro atoms. The largest absolute Gasteiger partial charge is 0.317 e. The molecule has 18 heavy (non-hydrogen) atoms. The van der Waals surface area contributed by atoms with E-state index in [9.17, 15) is 8.42 Å². The molecule has 1 aliphatic carbocycles. The Hall–Kier alpha value is -0.170. The van der Waals surface area contributed by atoms with Crippen LogP contribution in [0.1, 0.15) is 33.6 Å². The van der Waals surface area contributed by atoms with Gasteiger partial charge in [0.1, 0.15) is 0 Å². The summed E-state index contributed by atoms with van der Waals surface area (Å²) in [6.45, 7) is 9.28. The monoisotopic (exact) mass is 277 g/mol. The Morgan fingerprint density at radius 3 is 2.50 bits per heavy atom. The fraction of sp³-hybridized carbons (Fsp3) is 1.00. The van der Waals surface area contributed by atoms with E-state index < -0.39 is 10.2 Å². The molecule has 1 aliphatic rings. The quantitative estimate of drug-likeness (QED) is 0.613. The second kappa shape index (κ2) is 6.32. The van der Waals surface area contributed by atoms with Gasteiger partial charge in [-0.1, -0.05) is 20.8 Å². The molecule has 1 rings (SSSR count). The Labute approximate surface area is 112 Å². The van der Waals surface area contributed by atoms with E-state index in [0.717, 1.165) is 25.9 Å². The summed E-state index contributed by atoms with van der Waals surface area (Å²) in [5.41, 5.74) is 0.312. The summed E-state index contributed by atoms with van der Waals surface area (Å²) in [6.07, 6.45) is 1.94. The third-order valence-electron chi connectivity index (χ3n) is 3.72. The maximum atomic E-state index is 11.9. The van der Waals surface area contributed by atoms with Crippen molar-refractivity contribution >= 4 is 10.2 Å². The fourth-order valence-corrected chi connectivity index (χ4v) is 2.97. The van der Waals surface area contributed by atoms with E-state index in [0.29, 0.717) is 24.4 Å². The van der Waals surface area contributed by atoms with Gasteiger partial charge in [0.2, 0.25) is 0 Å². The summed E-state index contributed by atoms with van der Waals surface area (Å²) in [5.74, 6) is 0.488. The van der Waals surface area contributed by atoms with Crippen molar-refractivity contribution in [3.8, 4) is 0 Å². The van der Waals surface area contributed by atoms with Crippen molar-refractivity contribution in [2.45, 2.75) is 33.6 Å². The van der Waals surface area contributed by atoms with Crippen LogP contribution in [0.2, 0.25) is 0 Å². The summed E-state index contributed by atoms with van der Waals surface area (Å²) >= 11 is 0. The predicted molar refractivity (Wildman–Crippen MR) is 74.6 cm³/mol. The summed E-state index contributed by atoms with van der Waals surface area (Å²) in [6, 6.07) is 0. The van der Waals surface area contributed by atoms with Crippen LogP contribution in [0, 0.1) is 11.3 Å². The first-order valence-electron chi connectivity index (χ1n) is 6.71. The van der Waals surface area contributed by atoms with Crippen molar-refractivity contribution in [3.05, 3.63) is 0 Å². The summed E-state index contributed by atoms with van der Waals surface area (Å²) in [7, 11) is -1.67. The molecule has 0 heterocycles. The van der Waals surface area contributed by atoms with Crippen LogP contribution >= 0.6 is 0 Å². The minimum atomic E-state index is -3.30. The maximum absolute atomic E-state index is 11.9. The molecule has 1 atom stereocenters. The number of rotatable bonds is 9. The number of hydrogen-bond donors (Lipinski definition) is 2. The van der Waals surface area contributed by atoms with Crippen LogP contribution < -0.4 is 10.0 Å². The van der Waals surface area contributed by atoms with Gasteiger partial charge >= 0.3 is 0 Å². The Morgan fingerprint density at radius 1 is 1.39 bits per heavy atom. The second-order valence-electron chi connectivity index (χ2n) is 5.77. The molecular weight excluding hydrogens is 250 g/mol. The van der Waals surface area contributed by atoms with Gasteiger partial charge in [-0.2, -0.15) is 12.7 Å². The molecule has 0 amide bonds. The van der Waals surface area contributed by atoms with Crippen LogP contribution in [-0.2, 0) is 10.2 Å². The van der Waals surface area contributed by atoms with Crippen molar-refractivity contribution in [1.82, 2.24) is 14.3 Å². The molecule has 0 aromatic carbocycles. The van der Waals surface area contributed by atoms with Gasteiger partial charge in [0, 0.05) is 20.1 Å². The van der Waals surface area contributed by atoms with E-state index in [4.69, 9.17) is 0 Å². The van der Waals surface area contributed by atoms with Crippen LogP contribution in [0.3, 0.4) is 0 Å². The molecule has 1 saturated carbocycles. The van der Waals surface area contributed by atoms with E-state index in [-0.39, 0.29) is 0 Å². The summed E-state index contributed by atoms with van der Waals surface area (Å²) in [5, 5.41) is 3.18. The highest BCUT2D eigenvalue weighted by atomic mass is 32.2. The van der Waals surface area contributed by atoms with Crippen molar-refractivity contribution in [3.63, 3.8) is 0 Å². The van der Waals surface area contributed by atoms with Crippen molar-refractivity contribution in [2.24, 2.45) is 11.3 Å². The Morgan fingerprint density at radius 2 is 2.00 bits per heavy atom. The molecule has 1 fully saturated rings. The maximum Gasteiger partial charge on any atom is 0.279 e. The lowest BCUT2D eigenvalue weighted by Gasteiger charge is -2.18. The molecule has 1 unspecified atom stereocenters. The van der Waals surface area contributed by atoms with Crippen molar-refractivity contribution < 1.29 is 8.42 Å². The molecular formula is C12H27N3O2S. The van der Waals surface area contributed by atoms with E-state index in [1.807, 2.05) is 6.92 Å². The normalized spacial score (nSPS) is 22.4. The molecule has 5 nitrogen and oxygen atoms in total. The second-order valence-corrected chi connectivity index (χ2v) is 7.63. The Kier molecular flexibility index (Phi) is 5.58. The van der Waals surface area contributed by atoms with Gasteiger partial charge in [0.05, 0.1) is 0 Å². The van der Waals surface area contributed by atoms with E-state index in [1.54, 1.807) is 7.05 Å². The van der Waals surface area contributed by atoms with E-state index >= 15 is 0 Å². The lowest BCUT2D eigenvalue weighted by Crippen LogP contribution is -2.40. The van der Waals surface area contributed by atoms with Crippen LogP contribution in [0.4, 0.5) is 0 Å². The standard InChI is InChI=1S/C12H27N3O2S/c1-5-13-7-6-8-15(4)18(16,17)14-10-11-9-12(11,2)3/h11,13-14H,5-10H2,1-4H3. The van der Waals surface area contributed by atoms with Gasteiger partial charge in [-0.25, -0.2) is 4.72 Å². The van der Waals surface area contributed by atoms with Gasteiger partial charge in [-0.15, -0.1) is 0 Å². The zero-order valence-electron chi connectivity index (χ0n) is 12.0. The molecule has 108 valence electrons. The van der Waals surface area contributed by atoms with E-state index in [1.165, 1.54) is 4.31 Å². The first-order valence-corrected chi connectivity index (χ1v) is 8.15. The molecule has 0 aromatic heterocycles. The van der Waals surface area contributed by atoms with Crippen LogP contribution in [0.25, 0.3) is 0 Å². The van der Waals surface area contributed by atoms with Crippen molar-refractivity contribution in [1.29, 1.82) is 0 Å². The smallest absolute Gasteiger partial charge is 0.279 e. The van der Waals surface area contributed by atoms with Crippen molar-refractivity contribution in [2.75, 3.05) is 33.2 Å². The molecule has 0 aliphatic heterocycles. The molecule has 0 radical (unpaired) electrons. The van der Waals surface area contributed by atoms with Crippen LogP contribution in [0.15, 0.2) is 0 Å². The first-order chi connectivity index (χ1) is 8.29. The van der Waals surface area contributed by atoms with Gasteiger partial charge < -0.3 is 5.32 Å². The highest BCUT2D eigenvalue weighted by Gasteiger charge is 2.45. The highest BCUT2D eigenvalue weighted by Crippen LogP contribution is 2.51. The third-order valence-corrected chi connectivity index (χ3v) is 5.25. The van der Waals surface area contributed by atoms with Gasteiger partial charge in [0.15, 0.2) is 0 Å². The van der Waals surface area contributed by atoms with Crippen LogP contribution in [-0.4, -0.2) is 45.9 Å². The van der Waals surface area contributed by atoms with Crippen LogP contribution in [0.5, 0.6) is 0 Å².